The van der Waals surface area contributed by atoms with Crippen molar-refractivity contribution in [3.63, 3.8) is 0 Å². The summed E-state index contributed by atoms with van der Waals surface area (Å²) in [4.78, 5) is 0. The molecule has 0 aliphatic heterocycles. The molecule has 0 aromatic rings. The van der Waals surface area contributed by atoms with Gasteiger partial charge < -0.3 is 29.0 Å². The Hall–Kier alpha value is -0.240. The number of ether oxygens (including phenoxy) is 5. The number of rotatable bonds is 17. The van der Waals surface area contributed by atoms with E-state index in [0.29, 0.717) is 58.9 Å². The normalized spacial score (nSPS) is 11.4. The summed E-state index contributed by atoms with van der Waals surface area (Å²) in [5, 5.41) is 3.29. The Kier molecular flexibility index (Phi) is 17.6. The molecule has 0 atom stereocenters. The van der Waals surface area contributed by atoms with E-state index in [2.05, 4.69) is 19.2 Å². The van der Waals surface area contributed by atoms with Gasteiger partial charge in [-0.05, 0) is 6.92 Å². The lowest BCUT2D eigenvalue weighted by molar-refractivity contribution is -0.0100. The van der Waals surface area contributed by atoms with Gasteiger partial charge in [0.1, 0.15) is 0 Å². The van der Waals surface area contributed by atoms with Gasteiger partial charge in [-0.2, -0.15) is 0 Å². The minimum absolute atomic E-state index is 0.505. The van der Waals surface area contributed by atoms with Crippen molar-refractivity contribution in [3.05, 3.63) is 0 Å². The molecule has 0 radical (unpaired) electrons. The molecular weight excluding hydrogens is 274 g/mol. The molecule has 0 aromatic carbocycles. The highest BCUT2D eigenvalue weighted by molar-refractivity contribution is 4.50. The van der Waals surface area contributed by atoms with Gasteiger partial charge in [0.2, 0.25) is 0 Å². The van der Waals surface area contributed by atoms with Crippen LogP contribution in [0.15, 0.2) is 0 Å². The Morgan fingerprint density at radius 2 is 1.00 bits per heavy atom. The van der Waals surface area contributed by atoms with Gasteiger partial charge >= 0.3 is 0 Å². The van der Waals surface area contributed by atoms with E-state index in [-0.39, 0.29) is 0 Å². The molecule has 0 bridgehead atoms. The van der Waals surface area contributed by atoms with E-state index in [1.165, 1.54) is 0 Å². The van der Waals surface area contributed by atoms with Crippen molar-refractivity contribution >= 4 is 0 Å². The van der Waals surface area contributed by atoms with Crippen LogP contribution in [-0.2, 0) is 23.7 Å². The molecular formula is C15H33NO5. The second kappa shape index (κ2) is 17.8. The lowest BCUT2D eigenvalue weighted by atomic mass is 10.4. The smallest absolute Gasteiger partial charge is 0.0701 e. The first-order valence-corrected chi connectivity index (χ1v) is 7.89. The van der Waals surface area contributed by atoms with E-state index < -0.39 is 0 Å². The van der Waals surface area contributed by atoms with Crippen LogP contribution < -0.4 is 5.32 Å². The molecule has 0 rings (SSSR count). The SMILES string of the molecule is CCOCCOCCOCCOCCOCCNC(C)C. The minimum Gasteiger partial charge on any atom is -0.379 e. The maximum Gasteiger partial charge on any atom is 0.0701 e. The summed E-state index contributed by atoms with van der Waals surface area (Å²) < 4.78 is 26.6. The van der Waals surface area contributed by atoms with Crippen LogP contribution in [0.5, 0.6) is 0 Å². The fraction of sp³-hybridized carbons (Fsp3) is 1.00. The van der Waals surface area contributed by atoms with Gasteiger partial charge in [0.05, 0.1) is 59.5 Å². The highest BCUT2D eigenvalue weighted by Crippen LogP contribution is 1.84. The van der Waals surface area contributed by atoms with Crippen LogP contribution in [0.1, 0.15) is 20.8 Å². The molecule has 21 heavy (non-hydrogen) atoms. The molecule has 1 N–H and O–H groups in total. The zero-order valence-electron chi connectivity index (χ0n) is 13.9. The molecule has 0 amide bonds. The Bertz CT molecular complexity index is 193. The molecule has 0 aliphatic carbocycles. The topological polar surface area (TPSA) is 58.2 Å². The molecule has 0 aliphatic rings. The number of nitrogens with one attached hydrogen (secondary N) is 1. The van der Waals surface area contributed by atoms with E-state index in [9.17, 15) is 0 Å². The first kappa shape index (κ1) is 20.8. The highest BCUT2D eigenvalue weighted by atomic mass is 16.6. The Balaban J connectivity index is 2.93. The lowest BCUT2D eigenvalue weighted by Crippen LogP contribution is -2.27. The number of hydrogen-bond acceptors (Lipinski definition) is 6. The van der Waals surface area contributed by atoms with Gasteiger partial charge in [-0.1, -0.05) is 13.8 Å². The number of hydrogen-bond donors (Lipinski definition) is 1. The molecule has 0 saturated heterocycles. The fourth-order valence-corrected chi connectivity index (χ4v) is 1.44. The summed E-state index contributed by atoms with van der Waals surface area (Å²) in [7, 11) is 0. The molecule has 0 spiro atoms. The zero-order valence-corrected chi connectivity index (χ0v) is 13.9. The monoisotopic (exact) mass is 307 g/mol. The predicted octanol–water partition coefficient (Wildman–Crippen LogP) is 1.09. The average Bonchev–Trinajstić information content (AvgIpc) is 2.46. The Morgan fingerprint density at radius 3 is 1.38 bits per heavy atom. The van der Waals surface area contributed by atoms with Crippen LogP contribution in [-0.4, -0.2) is 78.7 Å². The van der Waals surface area contributed by atoms with Crippen LogP contribution in [0.25, 0.3) is 0 Å². The fourth-order valence-electron chi connectivity index (χ4n) is 1.44. The molecule has 0 saturated carbocycles. The van der Waals surface area contributed by atoms with Crippen molar-refractivity contribution in [1.29, 1.82) is 0 Å². The van der Waals surface area contributed by atoms with Crippen LogP contribution in [0.3, 0.4) is 0 Å². The average molecular weight is 307 g/mol. The largest absolute Gasteiger partial charge is 0.379 e. The van der Waals surface area contributed by atoms with Crippen LogP contribution in [0, 0.1) is 0 Å². The quantitative estimate of drug-likeness (QED) is 0.406. The second-order valence-electron chi connectivity index (χ2n) is 4.76. The van der Waals surface area contributed by atoms with Gasteiger partial charge in [-0.15, -0.1) is 0 Å². The van der Waals surface area contributed by atoms with Crippen molar-refractivity contribution < 1.29 is 23.7 Å². The van der Waals surface area contributed by atoms with Crippen molar-refractivity contribution in [3.8, 4) is 0 Å². The van der Waals surface area contributed by atoms with Crippen LogP contribution in [0.4, 0.5) is 0 Å². The maximum atomic E-state index is 5.42. The lowest BCUT2D eigenvalue weighted by Gasteiger charge is -2.09. The molecule has 0 aromatic heterocycles. The van der Waals surface area contributed by atoms with E-state index in [0.717, 1.165) is 19.8 Å². The van der Waals surface area contributed by atoms with E-state index in [4.69, 9.17) is 23.7 Å². The zero-order chi connectivity index (χ0) is 15.6. The van der Waals surface area contributed by atoms with Gasteiger partial charge in [-0.25, -0.2) is 0 Å². The van der Waals surface area contributed by atoms with Gasteiger partial charge in [-0.3, -0.25) is 0 Å². The third-order valence-electron chi connectivity index (χ3n) is 2.49. The summed E-state index contributed by atoms with van der Waals surface area (Å²) in [5.74, 6) is 0. The summed E-state index contributed by atoms with van der Waals surface area (Å²) in [5.41, 5.74) is 0. The summed E-state index contributed by atoms with van der Waals surface area (Å²) in [6.45, 7) is 13.4. The Labute approximate surface area is 129 Å². The first-order chi connectivity index (χ1) is 10.3. The van der Waals surface area contributed by atoms with Gasteiger partial charge in [0.25, 0.3) is 0 Å². The Morgan fingerprint density at radius 1 is 0.619 bits per heavy atom. The minimum atomic E-state index is 0.505. The third-order valence-corrected chi connectivity index (χ3v) is 2.49. The molecule has 6 nitrogen and oxygen atoms in total. The highest BCUT2D eigenvalue weighted by Gasteiger charge is 1.94. The van der Waals surface area contributed by atoms with E-state index in [1.54, 1.807) is 0 Å². The molecule has 0 heterocycles. The van der Waals surface area contributed by atoms with Crippen molar-refractivity contribution in [2.24, 2.45) is 0 Å². The van der Waals surface area contributed by atoms with Crippen molar-refractivity contribution in [1.82, 2.24) is 5.32 Å². The molecule has 6 heteroatoms. The van der Waals surface area contributed by atoms with E-state index in [1.807, 2.05) is 6.92 Å². The molecule has 0 fully saturated rings. The van der Waals surface area contributed by atoms with E-state index >= 15 is 0 Å². The molecule has 128 valence electrons. The van der Waals surface area contributed by atoms with Gasteiger partial charge in [0.15, 0.2) is 0 Å². The van der Waals surface area contributed by atoms with Crippen LogP contribution >= 0.6 is 0 Å². The second-order valence-corrected chi connectivity index (χ2v) is 4.76. The summed E-state index contributed by atoms with van der Waals surface area (Å²) >= 11 is 0. The summed E-state index contributed by atoms with van der Waals surface area (Å²) in [6, 6.07) is 0.505. The summed E-state index contributed by atoms with van der Waals surface area (Å²) in [6.07, 6.45) is 0. The van der Waals surface area contributed by atoms with Gasteiger partial charge in [0, 0.05) is 19.2 Å². The van der Waals surface area contributed by atoms with Crippen molar-refractivity contribution in [2.75, 3.05) is 72.6 Å². The van der Waals surface area contributed by atoms with Crippen LogP contribution in [0.2, 0.25) is 0 Å². The standard InChI is InChI=1S/C15H33NO5/c1-4-17-7-8-19-11-12-21-14-13-20-10-9-18-6-5-16-15(2)3/h15-16H,4-14H2,1-3H3. The maximum absolute atomic E-state index is 5.42. The predicted molar refractivity (Wildman–Crippen MR) is 82.9 cm³/mol. The third kappa shape index (κ3) is 19.8. The van der Waals surface area contributed by atoms with Crippen molar-refractivity contribution in [2.45, 2.75) is 26.8 Å². The first-order valence-electron chi connectivity index (χ1n) is 7.89. The molecule has 0 unspecified atom stereocenters.